The van der Waals surface area contributed by atoms with Crippen molar-refractivity contribution in [3.63, 3.8) is 0 Å². The molecule has 1 aliphatic heterocycles. The zero-order chi connectivity index (χ0) is 17.5. The number of carbonyl (C=O) groups excluding carboxylic acids is 1. The van der Waals surface area contributed by atoms with Gasteiger partial charge in [-0.2, -0.15) is 0 Å². The summed E-state index contributed by atoms with van der Waals surface area (Å²) in [5.41, 5.74) is 4.06. The van der Waals surface area contributed by atoms with Gasteiger partial charge in [-0.3, -0.25) is 0 Å². The summed E-state index contributed by atoms with van der Waals surface area (Å²) in [5.74, 6) is 0. The molecule has 3 rings (SSSR count). The number of nitrogens with zero attached hydrogens (tertiary/aromatic N) is 1. The maximum Gasteiger partial charge on any atom is 0.323 e. The molecule has 2 amide bonds. The molecule has 1 saturated heterocycles. The lowest BCUT2D eigenvalue weighted by molar-refractivity contribution is 0.123. The van der Waals surface area contributed by atoms with E-state index in [1.807, 2.05) is 61.5 Å². The molecule has 0 bridgehead atoms. The minimum Gasteiger partial charge on any atom is -0.378 e. The Labute approximate surface area is 148 Å². The van der Waals surface area contributed by atoms with E-state index in [4.69, 9.17) is 4.74 Å². The first kappa shape index (κ1) is 17.0. The van der Waals surface area contributed by atoms with Gasteiger partial charge in [0.1, 0.15) is 0 Å². The van der Waals surface area contributed by atoms with Crippen molar-refractivity contribution in [1.82, 2.24) is 5.32 Å². The number of carbonyl (C=O) groups is 1. The molecule has 0 unspecified atom stereocenters. The van der Waals surface area contributed by atoms with Crippen molar-refractivity contribution in [3.05, 3.63) is 65.9 Å². The Hall–Kier alpha value is -2.79. The SMILES string of the molecule is Cc1ccccc1/C=C/NC(=O)Nc1ccccc1N1CCOCC1. The summed E-state index contributed by atoms with van der Waals surface area (Å²) in [6, 6.07) is 15.6. The Balaban J connectivity index is 1.62. The Morgan fingerprint density at radius 1 is 1.08 bits per heavy atom. The van der Waals surface area contributed by atoms with Crippen LogP contribution in [0.1, 0.15) is 11.1 Å². The predicted molar refractivity (Wildman–Crippen MR) is 102 cm³/mol. The van der Waals surface area contributed by atoms with Crippen LogP contribution in [0.2, 0.25) is 0 Å². The molecule has 0 aromatic heterocycles. The van der Waals surface area contributed by atoms with E-state index in [1.54, 1.807) is 6.20 Å². The summed E-state index contributed by atoms with van der Waals surface area (Å²) >= 11 is 0. The van der Waals surface area contributed by atoms with E-state index < -0.39 is 0 Å². The lowest BCUT2D eigenvalue weighted by Crippen LogP contribution is -2.37. The van der Waals surface area contributed by atoms with E-state index >= 15 is 0 Å². The van der Waals surface area contributed by atoms with Crippen molar-refractivity contribution in [2.45, 2.75) is 6.92 Å². The Morgan fingerprint density at radius 2 is 1.80 bits per heavy atom. The number of morpholine rings is 1. The van der Waals surface area contributed by atoms with Crippen molar-refractivity contribution in [2.24, 2.45) is 0 Å². The largest absolute Gasteiger partial charge is 0.378 e. The van der Waals surface area contributed by atoms with Gasteiger partial charge in [0.25, 0.3) is 0 Å². The number of anilines is 2. The van der Waals surface area contributed by atoms with Crippen LogP contribution in [-0.4, -0.2) is 32.3 Å². The molecule has 0 spiro atoms. The summed E-state index contributed by atoms with van der Waals surface area (Å²) in [6.45, 7) is 5.11. The fraction of sp³-hybridized carbons (Fsp3) is 0.250. The van der Waals surface area contributed by atoms with Crippen molar-refractivity contribution >= 4 is 23.5 Å². The number of rotatable bonds is 4. The number of benzene rings is 2. The summed E-state index contributed by atoms with van der Waals surface area (Å²) in [6.07, 6.45) is 3.55. The average molecular weight is 337 g/mol. The van der Waals surface area contributed by atoms with Crippen molar-refractivity contribution in [3.8, 4) is 0 Å². The maximum absolute atomic E-state index is 12.2. The maximum atomic E-state index is 12.2. The van der Waals surface area contributed by atoms with E-state index in [0.717, 1.165) is 30.0 Å². The molecule has 1 fully saturated rings. The first-order valence-electron chi connectivity index (χ1n) is 8.45. The third-order valence-corrected chi connectivity index (χ3v) is 4.17. The van der Waals surface area contributed by atoms with Gasteiger partial charge in [-0.1, -0.05) is 36.4 Å². The highest BCUT2D eigenvalue weighted by atomic mass is 16.5. The van der Waals surface area contributed by atoms with Crippen molar-refractivity contribution in [1.29, 1.82) is 0 Å². The van der Waals surface area contributed by atoms with Crippen molar-refractivity contribution < 1.29 is 9.53 Å². The van der Waals surface area contributed by atoms with Gasteiger partial charge in [0.15, 0.2) is 0 Å². The molecule has 1 aliphatic rings. The van der Waals surface area contributed by atoms with Gasteiger partial charge in [-0.15, -0.1) is 0 Å². The minimum atomic E-state index is -0.259. The normalized spacial score (nSPS) is 14.5. The van der Waals surface area contributed by atoms with Crippen LogP contribution in [0.25, 0.3) is 6.08 Å². The van der Waals surface area contributed by atoms with Gasteiger partial charge in [-0.25, -0.2) is 4.79 Å². The molecule has 5 heteroatoms. The topological polar surface area (TPSA) is 53.6 Å². The monoisotopic (exact) mass is 337 g/mol. The molecule has 0 saturated carbocycles. The summed E-state index contributed by atoms with van der Waals surface area (Å²) in [5, 5.41) is 5.69. The highest BCUT2D eigenvalue weighted by Crippen LogP contribution is 2.26. The molecule has 0 atom stereocenters. The molecular formula is C20H23N3O2. The van der Waals surface area contributed by atoms with E-state index in [1.165, 1.54) is 5.56 Å². The summed E-state index contributed by atoms with van der Waals surface area (Å²) in [4.78, 5) is 14.4. The fourth-order valence-corrected chi connectivity index (χ4v) is 2.80. The molecule has 5 nitrogen and oxygen atoms in total. The van der Waals surface area contributed by atoms with Gasteiger partial charge in [-0.05, 0) is 36.3 Å². The predicted octanol–water partition coefficient (Wildman–Crippen LogP) is 3.62. The number of para-hydroxylation sites is 2. The smallest absolute Gasteiger partial charge is 0.323 e. The standard InChI is InChI=1S/C20H23N3O2/c1-16-6-2-3-7-17(16)10-11-21-20(24)22-18-8-4-5-9-19(18)23-12-14-25-15-13-23/h2-11H,12-15H2,1H3,(H2,21,22,24)/b11-10+. The zero-order valence-electron chi connectivity index (χ0n) is 14.4. The second-order valence-electron chi connectivity index (χ2n) is 5.90. The van der Waals surface area contributed by atoms with E-state index in [2.05, 4.69) is 15.5 Å². The fourth-order valence-electron chi connectivity index (χ4n) is 2.80. The van der Waals surface area contributed by atoms with E-state index in [0.29, 0.717) is 13.2 Å². The molecule has 2 aromatic carbocycles. The van der Waals surface area contributed by atoms with E-state index in [-0.39, 0.29) is 6.03 Å². The lowest BCUT2D eigenvalue weighted by atomic mass is 10.1. The quantitative estimate of drug-likeness (QED) is 0.896. The van der Waals surface area contributed by atoms with Crippen LogP contribution in [0.5, 0.6) is 0 Å². The summed E-state index contributed by atoms with van der Waals surface area (Å²) in [7, 11) is 0. The second kappa shape index (κ2) is 8.35. The number of hydrogen-bond donors (Lipinski definition) is 2. The van der Waals surface area contributed by atoms with Gasteiger partial charge < -0.3 is 20.3 Å². The highest BCUT2D eigenvalue weighted by Gasteiger charge is 2.15. The van der Waals surface area contributed by atoms with Crippen LogP contribution in [0.4, 0.5) is 16.2 Å². The highest BCUT2D eigenvalue weighted by molar-refractivity contribution is 5.94. The first-order chi connectivity index (χ1) is 12.2. The van der Waals surface area contributed by atoms with Gasteiger partial charge in [0.05, 0.1) is 24.6 Å². The first-order valence-corrected chi connectivity index (χ1v) is 8.45. The zero-order valence-corrected chi connectivity index (χ0v) is 14.4. The molecule has 1 heterocycles. The number of nitrogens with one attached hydrogen (secondary N) is 2. The second-order valence-corrected chi connectivity index (χ2v) is 5.90. The minimum absolute atomic E-state index is 0.259. The lowest BCUT2D eigenvalue weighted by Gasteiger charge is -2.30. The number of aryl methyl sites for hydroxylation is 1. The van der Waals surface area contributed by atoms with Crippen LogP contribution >= 0.6 is 0 Å². The molecule has 0 aliphatic carbocycles. The van der Waals surface area contributed by atoms with Crippen LogP contribution in [-0.2, 0) is 4.74 Å². The van der Waals surface area contributed by atoms with Crippen LogP contribution in [0.15, 0.2) is 54.7 Å². The third kappa shape index (κ3) is 4.61. The number of hydrogen-bond acceptors (Lipinski definition) is 3. The Bertz CT molecular complexity index is 752. The number of ether oxygens (including phenoxy) is 1. The van der Waals surface area contributed by atoms with E-state index in [9.17, 15) is 4.79 Å². The van der Waals surface area contributed by atoms with Gasteiger partial charge >= 0.3 is 6.03 Å². The molecular weight excluding hydrogens is 314 g/mol. The van der Waals surface area contributed by atoms with Crippen molar-refractivity contribution in [2.75, 3.05) is 36.5 Å². The average Bonchev–Trinajstić information content (AvgIpc) is 2.64. The Kier molecular flexibility index (Phi) is 5.69. The molecule has 130 valence electrons. The molecule has 25 heavy (non-hydrogen) atoms. The third-order valence-electron chi connectivity index (χ3n) is 4.17. The van der Waals surface area contributed by atoms with Gasteiger partial charge in [0, 0.05) is 19.3 Å². The van der Waals surface area contributed by atoms with Crippen LogP contribution in [0.3, 0.4) is 0 Å². The Morgan fingerprint density at radius 3 is 2.60 bits per heavy atom. The number of urea groups is 1. The van der Waals surface area contributed by atoms with Crippen LogP contribution < -0.4 is 15.5 Å². The molecule has 2 N–H and O–H groups in total. The van der Waals surface area contributed by atoms with Gasteiger partial charge in [0.2, 0.25) is 0 Å². The molecule has 0 radical (unpaired) electrons. The summed E-state index contributed by atoms with van der Waals surface area (Å²) < 4.78 is 5.40. The molecule has 2 aromatic rings. The number of amides is 2. The van der Waals surface area contributed by atoms with Crippen LogP contribution in [0, 0.1) is 6.92 Å².